The Morgan fingerprint density at radius 2 is 1.91 bits per heavy atom. The zero-order valence-electron chi connectivity index (χ0n) is 14.0. The average Bonchev–Trinajstić information content (AvgIpc) is 2.55. The summed E-state index contributed by atoms with van der Waals surface area (Å²) < 4.78 is 0. The average molecular weight is 357 g/mol. The minimum atomic E-state index is 0. The highest BCUT2D eigenvalue weighted by Crippen LogP contribution is 2.30. The SMILES string of the molecule is Cc1ccc(C2CSCCN2C(=O)CCCCCCN)cc1.Cl. The lowest BCUT2D eigenvalue weighted by Crippen LogP contribution is -2.40. The zero-order chi connectivity index (χ0) is 15.8. The number of hydrogen-bond acceptors (Lipinski definition) is 3. The van der Waals surface area contributed by atoms with Crippen molar-refractivity contribution in [2.24, 2.45) is 5.73 Å². The molecule has 3 nitrogen and oxygen atoms in total. The van der Waals surface area contributed by atoms with Gasteiger partial charge in [-0.3, -0.25) is 4.79 Å². The summed E-state index contributed by atoms with van der Waals surface area (Å²) in [5.74, 6) is 2.39. The Morgan fingerprint density at radius 3 is 2.61 bits per heavy atom. The highest BCUT2D eigenvalue weighted by molar-refractivity contribution is 7.99. The first-order chi connectivity index (χ1) is 10.7. The van der Waals surface area contributed by atoms with Crippen LogP contribution in [0, 0.1) is 6.92 Å². The van der Waals surface area contributed by atoms with Gasteiger partial charge in [0.2, 0.25) is 5.91 Å². The first-order valence-electron chi connectivity index (χ1n) is 8.36. The minimum Gasteiger partial charge on any atom is -0.334 e. The lowest BCUT2D eigenvalue weighted by atomic mass is 10.0. The number of aryl methyl sites for hydroxylation is 1. The number of benzene rings is 1. The summed E-state index contributed by atoms with van der Waals surface area (Å²) in [4.78, 5) is 14.7. The zero-order valence-corrected chi connectivity index (χ0v) is 15.6. The summed E-state index contributed by atoms with van der Waals surface area (Å²) >= 11 is 1.95. The number of amides is 1. The molecule has 0 bridgehead atoms. The van der Waals surface area contributed by atoms with Gasteiger partial charge in [-0.25, -0.2) is 0 Å². The molecule has 0 radical (unpaired) electrons. The predicted octanol–water partition coefficient (Wildman–Crippen LogP) is 3.94. The van der Waals surface area contributed by atoms with Crippen LogP contribution >= 0.6 is 24.2 Å². The van der Waals surface area contributed by atoms with Crippen molar-refractivity contribution in [3.63, 3.8) is 0 Å². The molecule has 1 atom stereocenters. The van der Waals surface area contributed by atoms with Crippen LogP contribution in [0.5, 0.6) is 0 Å². The van der Waals surface area contributed by atoms with Gasteiger partial charge in [0.05, 0.1) is 6.04 Å². The van der Waals surface area contributed by atoms with E-state index >= 15 is 0 Å². The topological polar surface area (TPSA) is 46.3 Å². The third kappa shape index (κ3) is 6.36. The van der Waals surface area contributed by atoms with Crippen LogP contribution in [0.3, 0.4) is 0 Å². The molecule has 1 aromatic rings. The summed E-state index contributed by atoms with van der Waals surface area (Å²) in [5.41, 5.74) is 8.04. The number of thioether (sulfide) groups is 1. The van der Waals surface area contributed by atoms with Gasteiger partial charge in [0.1, 0.15) is 0 Å². The maximum atomic E-state index is 12.6. The van der Waals surface area contributed by atoms with Crippen molar-refractivity contribution in [1.82, 2.24) is 4.90 Å². The van der Waals surface area contributed by atoms with Crippen molar-refractivity contribution in [1.29, 1.82) is 0 Å². The van der Waals surface area contributed by atoms with Crippen LogP contribution < -0.4 is 5.73 Å². The third-order valence-electron chi connectivity index (χ3n) is 4.26. The summed E-state index contributed by atoms with van der Waals surface area (Å²) in [6.07, 6.45) is 4.99. The molecule has 0 aromatic heterocycles. The first kappa shape index (κ1) is 20.3. The van der Waals surface area contributed by atoms with Gasteiger partial charge >= 0.3 is 0 Å². The molecule has 1 heterocycles. The second-order valence-corrected chi connectivity index (χ2v) is 7.19. The largest absolute Gasteiger partial charge is 0.334 e. The number of hydrogen-bond donors (Lipinski definition) is 1. The van der Waals surface area contributed by atoms with E-state index in [0.29, 0.717) is 12.3 Å². The summed E-state index contributed by atoms with van der Waals surface area (Å²) in [5, 5.41) is 0. The molecule has 0 saturated carbocycles. The van der Waals surface area contributed by atoms with E-state index < -0.39 is 0 Å². The number of nitrogens with two attached hydrogens (primary N) is 1. The van der Waals surface area contributed by atoms with Crippen LogP contribution in [0.1, 0.15) is 49.3 Å². The maximum Gasteiger partial charge on any atom is 0.223 e. The molecule has 2 rings (SSSR count). The normalized spacial score (nSPS) is 17.7. The van der Waals surface area contributed by atoms with Crippen molar-refractivity contribution in [3.8, 4) is 0 Å². The fourth-order valence-corrected chi connectivity index (χ4v) is 3.97. The summed E-state index contributed by atoms with van der Waals surface area (Å²) in [7, 11) is 0. The van der Waals surface area contributed by atoms with Gasteiger partial charge in [-0.1, -0.05) is 42.7 Å². The van der Waals surface area contributed by atoms with Gasteiger partial charge in [0, 0.05) is 24.5 Å². The van der Waals surface area contributed by atoms with Crippen molar-refractivity contribution < 1.29 is 4.79 Å². The Balaban J connectivity index is 0.00000264. The van der Waals surface area contributed by atoms with Gasteiger partial charge in [0.15, 0.2) is 0 Å². The highest BCUT2D eigenvalue weighted by atomic mass is 35.5. The van der Waals surface area contributed by atoms with E-state index in [9.17, 15) is 4.79 Å². The van der Waals surface area contributed by atoms with Gasteiger partial charge in [0.25, 0.3) is 0 Å². The molecule has 0 spiro atoms. The highest BCUT2D eigenvalue weighted by Gasteiger charge is 2.27. The molecular weight excluding hydrogens is 328 g/mol. The van der Waals surface area contributed by atoms with Crippen LogP contribution in [0.25, 0.3) is 0 Å². The molecule has 0 aliphatic carbocycles. The molecule has 1 aliphatic rings. The van der Waals surface area contributed by atoms with E-state index in [1.165, 1.54) is 11.1 Å². The van der Waals surface area contributed by atoms with Crippen molar-refractivity contribution >= 4 is 30.1 Å². The molecule has 23 heavy (non-hydrogen) atoms. The van der Waals surface area contributed by atoms with Crippen molar-refractivity contribution in [3.05, 3.63) is 35.4 Å². The Kier molecular flexibility index (Phi) is 9.68. The maximum absolute atomic E-state index is 12.6. The molecule has 5 heteroatoms. The molecule has 1 saturated heterocycles. The molecular formula is C18H29ClN2OS. The van der Waals surface area contributed by atoms with Crippen molar-refractivity contribution in [2.75, 3.05) is 24.6 Å². The minimum absolute atomic E-state index is 0. The molecule has 1 aromatic carbocycles. The molecule has 1 amide bonds. The van der Waals surface area contributed by atoms with Crippen LogP contribution in [-0.4, -0.2) is 35.4 Å². The smallest absolute Gasteiger partial charge is 0.223 e. The summed E-state index contributed by atoms with van der Waals surface area (Å²) in [6, 6.07) is 8.88. The fraction of sp³-hybridized carbons (Fsp3) is 0.611. The number of unbranched alkanes of at least 4 members (excludes halogenated alkanes) is 3. The number of nitrogens with zero attached hydrogens (tertiary/aromatic N) is 1. The van der Waals surface area contributed by atoms with Crippen LogP contribution in [-0.2, 0) is 4.79 Å². The second kappa shape index (κ2) is 11.0. The van der Waals surface area contributed by atoms with E-state index in [2.05, 4.69) is 36.1 Å². The second-order valence-electron chi connectivity index (χ2n) is 6.04. The molecule has 130 valence electrons. The van der Waals surface area contributed by atoms with E-state index in [1.807, 2.05) is 11.8 Å². The lowest BCUT2D eigenvalue weighted by Gasteiger charge is -2.36. The predicted molar refractivity (Wildman–Crippen MR) is 102 cm³/mol. The third-order valence-corrected chi connectivity index (χ3v) is 5.28. The molecule has 1 unspecified atom stereocenters. The molecule has 2 N–H and O–H groups in total. The standard InChI is InChI=1S/C18H28N2OS.ClH/c1-15-7-9-16(10-8-15)17-14-22-13-12-20(17)18(21)6-4-2-3-5-11-19;/h7-10,17H,2-6,11-14,19H2,1H3;1H. The van der Waals surface area contributed by atoms with Gasteiger partial charge in [-0.05, 0) is 31.9 Å². The quantitative estimate of drug-likeness (QED) is 0.752. The van der Waals surface area contributed by atoms with Gasteiger partial charge < -0.3 is 10.6 Å². The van der Waals surface area contributed by atoms with E-state index in [4.69, 9.17) is 5.73 Å². The Labute approximate surface area is 150 Å². The Morgan fingerprint density at radius 1 is 1.22 bits per heavy atom. The van der Waals surface area contributed by atoms with Crippen LogP contribution in [0.4, 0.5) is 0 Å². The number of carbonyl (C=O) groups excluding carboxylic acids is 1. The van der Waals surface area contributed by atoms with E-state index in [-0.39, 0.29) is 18.4 Å². The van der Waals surface area contributed by atoms with Gasteiger partial charge in [-0.2, -0.15) is 11.8 Å². The Hall–Kier alpha value is -0.710. The molecule has 1 aliphatic heterocycles. The van der Waals surface area contributed by atoms with E-state index in [0.717, 1.165) is 50.3 Å². The fourth-order valence-electron chi connectivity index (χ4n) is 2.88. The van der Waals surface area contributed by atoms with Gasteiger partial charge in [-0.15, -0.1) is 12.4 Å². The number of halogens is 1. The monoisotopic (exact) mass is 356 g/mol. The number of carbonyl (C=O) groups is 1. The lowest BCUT2D eigenvalue weighted by molar-refractivity contribution is -0.133. The molecule has 1 fully saturated rings. The Bertz CT molecular complexity index is 467. The van der Waals surface area contributed by atoms with Crippen LogP contribution in [0.2, 0.25) is 0 Å². The first-order valence-corrected chi connectivity index (χ1v) is 9.51. The number of rotatable bonds is 7. The van der Waals surface area contributed by atoms with Crippen molar-refractivity contribution in [2.45, 2.75) is 45.1 Å². The summed E-state index contributed by atoms with van der Waals surface area (Å²) in [6.45, 7) is 3.74. The van der Waals surface area contributed by atoms with E-state index in [1.54, 1.807) is 0 Å². The van der Waals surface area contributed by atoms with Crippen LogP contribution in [0.15, 0.2) is 24.3 Å².